The summed E-state index contributed by atoms with van der Waals surface area (Å²) in [7, 11) is 2.17. The Hall–Kier alpha value is -2.40. The van der Waals surface area contributed by atoms with E-state index in [0.717, 1.165) is 50.5 Å². The molecule has 5 heteroatoms. The van der Waals surface area contributed by atoms with Crippen molar-refractivity contribution in [2.75, 3.05) is 33.3 Å². The van der Waals surface area contributed by atoms with E-state index in [1.165, 1.54) is 11.1 Å². The molecule has 0 aromatic heterocycles. The van der Waals surface area contributed by atoms with Gasteiger partial charge in [-0.15, -0.1) is 0 Å². The van der Waals surface area contributed by atoms with Crippen LogP contribution in [0.3, 0.4) is 0 Å². The summed E-state index contributed by atoms with van der Waals surface area (Å²) in [5.74, 6) is -0.209. The van der Waals surface area contributed by atoms with Crippen molar-refractivity contribution in [2.45, 2.75) is 30.8 Å². The highest BCUT2D eigenvalue weighted by molar-refractivity contribution is 5.78. The number of halogens is 1. The standard InChI is InChI=1S/C23H26FN3O/c1-26-14-11-23(12-15-26)16-28-22(25-23)27-13-10-17-4-2-3-5-20(17)21(27)18-6-8-19(24)9-7-18/h2-9,21H,10-16H2,1H3. The van der Waals surface area contributed by atoms with Gasteiger partial charge in [-0.1, -0.05) is 36.4 Å². The molecule has 3 aliphatic rings. The molecule has 0 radical (unpaired) electrons. The van der Waals surface area contributed by atoms with Crippen LogP contribution in [0, 0.1) is 5.82 Å². The van der Waals surface area contributed by atoms with Crippen LogP contribution in [0.2, 0.25) is 0 Å². The van der Waals surface area contributed by atoms with Crippen LogP contribution in [0.25, 0.3) is 0 Å². The van der Waals surface area contributed by atoms with E-state index in [4.69, 9.17) is 9.73 Å². The number of hydrogen-bond donors (Lipinski definition) is 0. The molecule has 0 aliphatic carbocycles. The first kappa shape index (κ1) is 17.7. The molecule has 0 bridgehead atoms. The van der Waals surface area contributed by atoms with Crippen molar-refractivity contribution < 1.29 is 9.13 Å². The fraction of sp³-hybridized carbons (Fsp3) is 0.435. The lowest BCUT2D eigenvalue weighted by Crippen LogP contribution is -2.42. The number of fused-ring (bicyclic) bond motifs is 1. The second-order valence-corrected chi connectivity index (χ2v) is 8.31. The van der Waals surface area contributed by atoms with E-state index in [0.29, 0.717) is 6.61 Å². The van der Waals surface area contributed by atoms with E-state index in [-0.39, 0.29) is 17.4 Å². The highest BCUT2D eigenvalue weighted by atomic mass is 19.1. The van der Waals surface area contributed by atoms with Crippen molar-refractivity contribution in [3.05, 3.63) is 71.0 Å². The molecule has 28 heavy (non-hydrogen) atoms. The topological polar surface area (TPSA) is 28.1 Å². The average Bonchev–Trinajstić information content (AvgIpc) is 3.14. The summed E-state index contributed by atoms with van der Waals surface area (Å²) in [4.78, 5) is 9.76. The maximum absolute atomic E-state index is 13.6. The Bertz CT molecular complexity index is 887. The second-order valence-electron chi connectivity index (χ2n) is 8.31. The molecule has 1 saturated heterocycles. The van der Waals surface area contributed by atoms with Gasteiger partial charge in [0.2, 0.25) is 0 Å². The lowest BCUT2D eigenvalue weighted by atomic mass is 9.88. The molecule has 2 aromatic rings. The van der Waals surface area contributed by atoms with E-state index in [9.17, 15) is 4.39 Å². The highest BCUT2D eigenvalue weighted by Gasteiger charge is 2.42. The maximum Gasteiger partial charge on any atom is 0.288 e. The quantitative estimate of drug-likeness (QED) is 0.758. The Balaban J connectivity index is 1.52. The average molecular weight is 379 g/mol. The van der Waals surface area contributed by atoms with Gasteiger partial charge in [0.05, 0.1) is 6.04 Å². The first-order valence-corrected chi connectivity index (χ1v) is 10.1. The highest BCUT2D eigenvalue weighted by Crippen LogP contribution is 2.38. The lowest BCUT2D eigenvalue weighted by Gasteiger charge is -2.38. The second kappa shape index (κ2) is 6.89. The minimum absolute atomic E-state index is 0.00529. The molecule has 1 unspecified atom stereocenters. The van der Waals surface area contributed by atoms with E-state index in [1.54, 1.807) is 12.1 Å². The third-order valence-electron chi connectivity index (χ3n) is 6.44. The Kier molecular flexibility index (Phi) is 4.35. The molecular formula is C23H26FN3O. The zero-order valence-corrected chi connectivity index (χ0v) is 16.3. The fourth-order valence-electron chi connectivity index (χ4n) is 4.68. The number of aliphatic imine (C=N–C) groups is 1. The summed E-state index contributed by atoms with van der Waals surface area (Å²) >= 11 is 0. The molecule has 2 aromatic carbocycles. The molecule has 0 N–H and O–H groups in total. The Morgan fingerprint density at radius 2 is 1.79 bits per heavy atom. The third kappa shape index (κ3) is 3.08. The monoisotopic (exact) mass is 379 g/mol. The molecule has 0 saturated carbocycles. The summed E-state index contributed by atoms with van der Waals surface area (Å²) in [6, 6.07) is 16.2. The SMILES string of the molecule is CN1CCC2(CC1)COC(N1CCc3ccccc3C1c1ccc(F)cc1)=N2. The Labute approximate surface area is 165 Å². The summed E-state index contributed by atoms with van der Waals surface area (Å²) < 4.78 is 19.7. The van der Waals surface area contributed by atoms with Crippen molar-refractivity contribution in [1.29, 1.82) is 0 Å². The molecule has 1 spiro atoms. The van der Waals surface area contributed by atoms with Crippen LogP contribution in [-0.4, -0.2) is 54.6 Å². The van der Waals surface area contributed by atoms with Crippen LogP contribution >= 0.6 is 0 Å². The van der Waals surface area contributed by atoms with E-state index < -0.39 is 0 Å². The van der Waals surface area contributed by atoms with Crippen molar-refractivity contribution >= 4 is 6.02 Å². The minimum Gasteiger partial charge on any atom is -0.463 e. The van der Waals surface area contributed by atoms with Gasteiger partial charge < -0.3 is 14.5 Å². The summed E-state index contributed by atoms with van der Waals surface area (Å²) in [5.41, 5.74) is 3.60. The van der Waals surface area contributed by atoms with Crippen molar-refractivity contribution in [3.8, 4) is 0 Å². The third-order valence-corrected chi connectivity index (χ3v) is 6.44. The van der Waals surface area contributed by atoms with Crippen LogP contribution in [0.1, 0.15) is 35.6 Å². The first-order valence-electron chi connectivity index (χ1n) is 10.1. The number of nitrogens with zero attached hydrogens (tertiary/aromatic N) is 3. The van der Waals surface area contributed by atoms with E-state index in [2.05, 4.69) is 41.1 Å². The number of likely N-dealkylation sites (tertiary alicyclic amines) is 1. The maximum atomic E-state index is 13.6. The molecule has 3 heterocycles. The number of amidine groups is 1. The zero-order chi connectivity index (χ0) is 19.1. The molecular weight excluding hydrogens is 353 g/mol. The van der Waals surface area contributed by atoms with Crippen molar-refractivity contribution in [1.82, 2.24) is 9.80 Å². The van der Waals surface area contributed by atoms with E-state index in [1.807, 2.05) is 12.1 Å². The van der Waals surface area contributed by atoms with Crippen molar-refractivity contribution in [3.63, 3.8) is 0 Å². The fourth-order valence-corrected chi connectivity index (χ4v) is 4.68. The predicted molar refractivity (Wildman–Crippen MR) is 108 cm³/mol. The molecule has 5 rings (SSSR count). The zero-order valence-electron chi connectivity index (χ0n) is 16.3. The van der Waals surface area contributed by atoms with Crippen LogP contribution in [0.5, 0.6) is 0 Å². The number of ether oxygens (including phenoxy) is 1. The van der Waals surface area contributed by atoms with Crippen molar-refractivity contribution in [2.24, 2.45) is 4.99 Å². The lowest BCUT2D eigenvalue weighted by molar-refractivity contribution is 0.145. The number of piperidine rings is 1. The van der Waals surface area contributed by atoms with Gasteiger partial charge in [-0.3, -0.25) is 0 Å². The van der Waals surface area contributed by atoms with Crippen LogP contribution < -0.4 is 0 Å². The molecule has 4 nitrogen and oxygen atoms in total. The summed E-state index contributed by atoms with van der Waals surface area (Å²) in [6.07, 6.45) is 3.04. The smallest absolute Gasteiger partial charge is 0.288 e. The number of hydrogen-bond acceptors (Lipinski definition) is 4. The number of rotatable bonds is 1. The van der Waals surface area contributed by atoms with Crippen LogP contribution in [-0.2, 0) is 11.2 Å². The predicted octanol–water partition coefficient (Wildman–Crippen LogP) is 3.62. The van der Waals surface area contributed by atoms with Gasteiger partial charge >= 0.3 is 0 Å². The van der Waals surface area contributed by atoms with Gasteiger partial charge in [0.25, 0.3) is 6.02 Å². The van der Waals surface area contributed by atoms with Gasteiger partial charge in [0, 0.05) is 19.6 Å². The molecule has 0 amide bonds. The Morgan fingerprint density at radius 3 is 2.57 bits per heavy atom. The molecule has 146 valence electrons. The molecule has 1 atom stereocenters. The summed E-state index contributed by atoms with van der Waals surface area (Å²) in [5, 5.41) is 0. The van der Waals surface area contributed by atoms with Gasteiger partial charge in [0.15, 0.2) is 0 Å². The van der Waals surface area contributed by atoms with Gasteiger partial charge in [-0.2, -0.15) is 0 Å². The van der Waals surface area contributed by atoms with Gasteiger partial charge in [-0.05, 0) is 55.1 Å². The minimum atomic E-state index is -0.209. The molecule has 3 aliphatic heterocycles. The van der Waals surface area contributed by atoms with Crippen LogP contribution in [0.15, 0.2) is 53.5 Å². The Morgan fingerprint density at radius 1 is 1.04 bits per heavy atom. The van der Waals surface area contributed by atoms with Gasteiger partial charge in [0.1, 0.15) is 18.0 Å². The normalized spacial score (nSPS) is 24.0. The summed E-state index contributed by atoms with van der Waals surface area (Å²) in [6.45, 7) is 3.65. The van der Waals surface area contributed by atoms with Crippen LogP contribution in [0.4, 0.5) is 4.39 Å². The van der Waals surface area contributed by atoms with E-state index >= 15 is 0 Å². The van der Waals surface area contributed by atoms with Gasteiger partial charge in [-0.25, -0.2) is 9.38 Å². The number of benzene rings is 2. The first-order chi connectivity index (χ1) is 13.6. The molecule has 1 fully saturated rings. The largest absolute Gasteiger partial charge is 0.463 e.